The Morgan fingerprint density at radius 2 is 1.36 bits per heavy atom. The molecule has 1 aromatic heterocycles. The number of tetrazole rings is 1. The van der Waals surface area contributed by atoms with Crippen LogP contribution in [-0.2, 0) is 69.1 Å². The maximum absolute atomic E-state index is 12.4. The van der Waals surface area contributed by atoms with E-state index in [1.165, 1.54) is 7.11 Å². The molecule has 27 nitrogen and oxygen atoms in total. The fourth-order valence-electron chi connectivity index (χ4n) is 7.00. The van der Waals surface area contributed by atoms with Gasteiger partial charge in [-0.05, 0) is 94.9 Å². The molecule has 1 heterocycles. The van der Waals surface area contributed by atoms with Crippen LogP contribution in [0.15, 0.2) is 24.3 Å². The van der Waals surface area contributed by atoms with Crippen LogP contribution < -0.4 is 37.0 Å². The lowest BCUT2D eigenvalue weighted by Crippen LogP contribution is -2.45. The SMILES string of the molecule is CCCNc1ccc(C(=O)NCCCC[C@H](NC(=O)COC)C(N)=O)cc1.CCCOCCCC(=O)CCC(NC(=O)CC[C@H](CC(=O)CCCNC(=O)CCCS(=O)(=O)NC(=O)CCCc1nn[nH]n1)C(=O)O)C(=O)O. The second-order valence-corrected chi connectivity index (χ2v) is 19.7. The number of aliphatic carboxylic acids is 2. The number of ketones is 2. The molecule has 2 rings (SSSR count). The fraction of sp³-hybridized carbons (Fsp3) is 0.653. The number of rotatable bonds is 43. The van der Waals surface area contributed by atoms with Gasteiger partial charge >= 0.3 is 11.9 Å². The van der Waals surface area contributed by atoms with Crippen molar-refractivity contribution in [2.24, 2.45) is 11.7 Å². The molecular formula is C49H79N11O16S. The van der Waals surface area contributed by atoms with Crippen molar-refractivity contribution in [3.8, 4) is 0 Å². The monoisotopic (exact) mass is 1110 g/mol. The molecule has 28 heteroatoms. The summed E-state index contributed by atoms with van der Waals surface area (Å²) in [5.41, 5.74) is 6.88. The van der Waals surface area contributed by atoms with Gasteiger partial charge in [0.05, 0.1) is 11.7 Å². The molecule has 0 saturated heterocycles. The summed E-state index contributed by atoms with van der Waals surface area (Å²) in [6.07, 6.45) is 3.82. The van der Waals surface area contributed by atoms with Gasteiger partial charge in [0.2, 0.25) is 39.6 Å². The van der Waals surface area contributed by atoms with E-state index in [9.17, 15) is 66.6 Å². The second-order valence-electron chi connectivity index (χ2n) is 17.9. The van der Waals surface area contributed by atoms with Crippen LogP contribution in [0, 0.1) is 5.92 Å². The number of aromatic amines is 1. The first-order chi connectivity index (χ1) is 36.7. The van der Waals surface area contributed by atoms with Gasteiger partial charge in [-0.25, -0.2) is 13.2 Å². The fourth-order valence-corrected chi connectivity index (χ4v) is 8.08. The molecular weight excluding hydrogens is 1030 g/mol. The first-order valence-corrected chi connectivity index (χ1v) is 27.4. The summed E-state index contributed by atoms with van der Waals surface area (Å²) in [6, 6.07) is 5.27. The number of nitrogens with zero attached hydrogens (tertiary/aromatic N) is 3. The highest BCUT2D eigenvalue weighted by atomic mass is 32.2. The number of anilines is 1. The predicted octanol–water partition coefficient (Wildman–Crippen LogP) is 1.24. The lowest BCUT2D eigenvalue weighted by molar-refractivity contribution is -0.145. The number of nitrogens with two attached hydrogens (primary N) is 1. The molecule has 432 valence electrons. The normalized spacial score (nSPS) is 12.1. The third-order valence-electron chi connectivity index (χ3n) is 11.1. The number of sulfonamides is 1. The van der Waals surface area contributed by atoms with Crippen LogP contribution >= 0.6 is 0 Å². The Labute approximate surface area is 448 Å². The molecule has 1 unspecified atom stereocenters. The Morgan fingerprint density at radius 1 is 0.675 bits per heavy atom. The summed E-state index contributed by atoms with van der Waals surface area (Å²) in [5.74, 6) is -7.40. The molecule has 0 saturated carbocycles. The highest BCUT2D eigenvalue weighted by Crippen LogP contribution is 2.15. The number of carbonyl (C=O) groups excluding carboxylic acids is 8. The quantitative estimate of drug-likeness (QED) is 0.0418. The molecule has 77 heavy (non-hydrogen) atoms. The number of hydrogen-bond acceptors (Lipinski definition) is 18. The van der Waals surface area contributed by atoms with Crippen molar-refractivity contribution in [1.82, 2.24) is 46.6 Å². The summed E-state index contributed by atoms with van der Waals surface area (Å²) in [6.45, 7) is 6.41. The van der Waals surface area contributed by atoms with Crippen molar-refractivity contribution in [1.29, 1.82) is 0 Å². The molecule has 0 spiro atoms. The molecule has 0 bridgehead atoms. The number of hydrogen-bond donors (Lipinski definition) is 10. The van der Waals surface area contributed by atoms with Crippen LogP contribution in [0.3, 0.4) is 0 Å². The van der Waals surface area contributed by atoms with Crippen molar-refractivity contribution in [3.05, 3.63) is 35.7 Å². The summed E-state index contributed by atoms with van der Waals surface area (Å²) >= 11 is 0. The molecule has 2 aromatic rings. The van der Waals surface area contributed by atoms with Crippen LogP contribution in [0.5, 0.6) is 0 Å². The van der Waals surface area contributed by atoms with Crippen LogP contribution in [-0.4, -0.2) is 163 Å². The van der Waals surface area contributed by atoms with Crippen LogP contribution in [0.4, 0.5) is 5.69 Å². The second kappa shape index (κ2) is 40.3. The third kappa shape index (κ3) is 34.4. The minimum absolute atomic E-state index is 0.0505. The molecule has 0 aliphatic carbocycles. The van der Waals surface area contributed by atoms with Gasteiger partial charge in [0.1, 0.15) is 30.3 Å². The number of carboxylic acids is 2. The smallest absolute Gasteiger partial charge is 0.326 e. The topological polar surface area (TPSA) is 416 Å². The standard InChI is InChI=1S/C30H49N7O12S.C19H30N4O4/c1-2-17-49-18-5-8-22(38)13-14-24(30(45)46)32-27(41)15-12-21(29(43)44)20-23(39)7-4-16-31-26(40)11-6-19-50(47,48)35-28(42)10-3-9-25-33-36-37-34-25;1-3-11-21-15-9-7-14(8-10-15)19(26)22-12-5-4-6-16(18(20)25)23-17(24)13-27-2/h21,24H,2-20H2,1H3,(H,31,40)(H,32,41)(H,35,42)(H,43,44)(H,45,46)(H,33,34,36,37);7-10,16,21H,3-6,11-13H2,1-2H3,(H2,20,25)(H,22,26)(H,23,24)/t21-,24?;16-/m10/s1. The van der Waals surface area contributed by atoms with E-state index < -0.39 is 75.1 Å². The third-order valence-corrected chi connectivity index (χ3v) is 12.5. The zero-order valence-electron chi connectivity index (χ0n) is 44.4. The van der Waals surface area contributed by atoms with E-state index in [1.54, 1.807) is 12.1 Å². The number of primary amides is 1. The molecule has 0 aliphatic heterocycles. The summed E-state index contributed by atoms with van der Waals surface area (Å²) in [5, 5.41) is 45.5. The number of benzene rings is 1. The average Bonchev–Trinajstić information content (AvgIpc) is 3.90. The minimum atomic E-state index is -3.94. The molecule has 3 atom stereocenters. The Hall–Kier alpha value is -6.94. The number of amides is 6. The van der Waals surface area contributed by atoms with Gasteiger partial charge in [-0.2, -0.15) is 5.21 Å². The van der Waals surface area contributed by atoms with E-state index in [2.05, 4.69) is 54.1 Å². The number of aryl methyl sites for hydroxylation is 1. The average molecular weight is 1110 g/mol. The summed E-state index contributed by atoms with van der Waals surface area (Å²) < 4.78 is 36.2. The highest BCUT2D eigenvalue weighted by Gasteiger charge is 2.25. The molecule has 6 amide bonds. The number of ether oxygens (including phenoxy) is 2. The van der Waals surface area contributed by atoms with E-state index in [0.29, 0.717) is 69.7 Å². The number of methoxy groups -OCH3 is 1. The lowest BCUT2D eigenvalue weighted by Gasteiger charge is -2.16. The maximum Gasteiger partial charge on any atom is 0.326 e. The van der Waals surface area contributed by atoms with Gasteiger partial charge in [-0.3, -0.25) is 47.9 Å². The van der Waals surface area contributed by atoms with Gasteiger partial charge in [-0.1, -0.05) is 19.1 Å². The Kier molecular flexibility index (Phi) is 35.7. The number of carbonyl (C=O) groups is 10. The number of unbranched alkanes of at least 4 members (excludes halogenated alkanes) is 1. The van der Waals surface area contributed by atoms with Crippen molar-refractivity contribution >= 4 is 74.7 Å². The molecule has 0 aliphatic rings. The highest BCUT2D eigenvalue weighted by molar-refractivity contribution is 7.90. The molecule has 0 fully saturated rings. The van der Waals surface area contributed by atoms with Gasteiger partial charge in [-0.15, -0.1) is 10.2 Å². The number of carboxylic acid groups (broad SMARTS) is 2. The van der Waals surface area contributed by atoms with Crippen molar-refractivity contribution in [2.75, 3.05) is 57.6 Å². The van der Waals surface area contributed by atoms with Gasteiger partial charge in [0.25, 0.3) is 5.91 Å². The van der Waals surface area contributed by atoms with E-state index in [1.807, 2.05) is 23.8 Å². The van der Waals surface area contributed by atoms with Gasteiger partial charge < -0.3 is 52.0 Å². The van der Waals surface area contributed by atoms with Gasteiger partial charge in [0.15, 0.2) is 5.82 Å². The Balaban J connectivity index is 0.000000921. The van der Waals surface area contributed by atoms with E-state index in [-0.39, 0.29) is 101 Å². The lowest BCUT2D eigenvalue weighted by atomic mass is 9.95. The first kappa shape index (κ1) is 68.1. The molecule has 11 N–H and O–H groups in total. The van der Waals surface area contributed by atoms with Gasteiger partial charge in [0, 0.05) is 103 Å². The van der Waals surface area contributed by atoms with Crippen molar-refractivity contribution < 1.29 is 76.0 Å². The molecule has 0 radical (unpaired) electrons. The zero-order chi connectivity index (χ0) is 57.4. The Bertz CT molecular complexity index is 2250. The minimum Gasteiger partial charge on any atom is -0.481 e. The summed E-state index contributed by atoms with van der Waals surface area (Å²) in [7, 11) is -2.54. The van der Waals surface area contributed by atoms with E-state index in [0.717, 1.165) is 25.1 Å². The number of nitrogens with one attached hydrogen (secondary N) is 7. The Morgan fingerprint density at radius 3 is 2.00 bits per heavy atom. The number of aromatic nitrogens is 4. The van der Waals surface area contributed by atoms with E-state index in [4.69, 9.17) is 15.2 Å². The van der Waals surface area contributed by atoms with Crippen molar-refractivity contribution in [3.63, 3.8) is 0 Å². The van der Waals surface area contributed by atoms with E-state index >= 15 is 0 Å². The number of H-pyrrole nitrogens is 1. The zero-order valence-corrected chi connectivity index (χ0v) is 45.2. The van der Waals surface area contributed by atoms with Crippen molar-refractivity contribution in [2.45, 2.75) is 148 Å². The summed E-state index contributed by atoms with van der Waals surface area (Å²) in [4.78, 5) is 119. The van der Waals surface area contributed by atoms with Crippen LogP contribution in [0.1, 0.15) is 146 Å². The van der Waals surface area contributed by atoms with Crippen LogP contribution in [0.2, 0.25) is 0 Å². The van der Waals surface area contributed by atoms with Crippen LogP contribution in [0.25, 0.3) is 0 Å². The number of Topliss-reactive ketones (excluding diaryl/α,β-unsaturated/α-hetero) is 2. The maximum atomic E-state index is 12.4. The predicted molar refractivity (Wildman–Crippen MR) is 279 cm³/mol. The first-order valence-electron chi connectivity index (χ1n) is 25.8. The largest absolute Gasteiger partial charge is 0.481 e. The molecule has 1 aromatic carbocycles.